The van der Waals surface area contributed by atoms with Crippen LogP contribution in [0, 0.1) is 0 Å². The first-order chi connectivity index (χ1) is 7.34. The van der Waals surface area contributed by atoms with Gasteiger partial charge >= 0.3 is 0 Å². The second kappa shape index (κ2) is 6.96. The van der Waals surface area contributed by atoms with Crippen LogP contribution in [0.5, 0.6) is 0 Å². The van der Waals surface area contributed by atoms with Crippen LogP contribution >= 0.6 is 0 Å². The Bertz CT molecular complexity index is 315. The molecule has 0 aromatic heterocycles. The Balaban J connectivity index is 2.28. The minimum atomic E-state index is 0.0760. The first kappa shape index (κ1) is 11.7. The maximum Gasteiger partial charge on any atom is 0.162 e. The summed E-state index contributed by atoms with van der Waals surface area (Å²) >= 11 is 0. The number of carbonyl (C=O) groups is 1. The van der Waals surface area contributed by atoms with Crippen molar-refractivity contribution in [3.05, 3.63) is 48.0 Å². The second-order valence-corrected chi connectivity index (χ2v) is 3.34. The molecule has 2 nitrogen and oxygen atoms in total. The van der Waals surface area contributed by atoms with E-state index < -0.39 is 0 Å². The Morgan fingerprint density at radius 2 is 1.93 bits per heavy atom. The molecular weight excluding hydrogens is 188 g/mol. The molecule has 0 aliphatic rings. The maximum atomic E-state index is 11.6. The molecule has 0 saturated carbocycles. The summed E-state index contributed by atoms with van der Waals surface area (Å²) in [5.74, 6) is 0.188. The zero-order valence-corrected chi connectivity index (χ0v) is 8.73. The van der Waals surface area contributed by atoms with Crippen LogP contribution in [-0.2, 0) is 0 Å². The quantitative estimate of drug-likeness (QED) is 0.439. The molecular formula is C13H16O2. The minimum absolute atomic E-state index is 0.0760. The van der Waals surface area contributed by atoms with E-state index in [-0.39, 0.29) is 12.4 Å². The van der Waals surface area contributed by atoms with Crippen molar-refractivity contribution in [1.29, 1.82) is 0 Å². The second-order valence-electron chi connectivity index (χ2n) is 3.34. The maximum absolute atomic E-state index is 11.6. The molecule has 0 aliphatic carbocycles. The van der Waals surface area contributed by atoms with E-state index in [1.807, 2.05) is 36.4 Å². The fourth-order valence-electron chi connectivity index (χ4n) is 1.34. The van der Waals surface area contributed by atoms with Gasteiger partial charge in [0.05, 0.1) is 6.61 Å². The van der Waals surface area contributed by atoms with Crippen LogP contribution in [0.25, 0.3) is 0 Å². The van der Waals surface area contributed by atoms with Gasteiger partial charge < -0.3 is 5.11 Å². The van der Waals surface area contributed by atoms with E-state index in [1.54, 1.807) is 6.08 Å². The third-order valence-electron chi connectivity index (χ3n) is 2.14. The molecule has 1 aromatic carbocycles. The van der Waals surface area contributed by atoms with Crippen LogP contribution in [0.1, 0.15) is 29.6 Å². The number of Topliss-reactive ketones (excluding diaryl/α,β-unsaturated/α-hetero) is 1. The number of hydrogen-bond donors (Lipinski definition) is 1. The largest absolute Gasteiger partial charge is 0.392 e. The summed E-state index contributed by atoms with van der Waals surface area (Å²) in [6, 6.07) is 9.33. The highest BCUT2D eigenvalue weighted by molar-refractivity contribution is 5.95. The highest BCUT2D eigenvalue weighted by Gasteiger charge is 2.02. The van der Waals surface area contributed by atoms with E-state index in [0.717, 1.165) is 18.4 Å². The highest BCUT2D eigenvalue weighted by atomic mass is 16.2. The molecule has 0 bridgehead atoms. The number of ketones is 1. The van der Waals surface area contributed by atoms with E-state index in [1.165, 1.54) is 0 Å². The van der Waals surface area contributed by atoms with Crippen LogP contribution in [0.4, 0.5) is 0 Å². The van der Waals surface area contributed by atoms with Crippen LogP contribution in [0.3, 0.4) is 0 Å². The SMILES string of the molecule is O=C(CCC/C=C\CO)c1ccccc1. The lowest BCUT2D eigenvalue weighted by molar-refractivity contribution is 0.0980. The van der Waals surface area contributed by atoms with Crippen LogP contribution in [0.15, 0.2) is 42.5 Å². The molecule has 1 N–H and O–H groups in total. The Kier molecular flexibility index (Phi) is 5.41. The van der Waals surface area contributed by atoms with Crippen molar-refractivity contribution in [2.45, 2.75) is 19.3 Å². The molecule has 80 valence electrons. The number of rotatable bonds is 6. The molecule has 0 spiro atoms. The molecule has 0 saturated heterocycles. The molecule has 0 amide bonds. The molecule has 0 heterocycles. The van der Waals surface area contributed by atoms with Gasteiger partial charge in [-0.15, -0.1) is 0 Å². The van der Waals surface area contributed by atoms with Crippen molar-refractivity contribution in [3.63, 3.8) is 0 Å². The minimum Gasteiger partial charge on any atom is -0.392 e. The van der Waals surface area contributed by atoms with Gasteiger partial charge in [0.15, 0.2) is 5.78 Å². The van der Waals surface area contributed by atoms with Gasteiger partial charge in [-0.2, -0.15) is 0 Å². The van der Waals surface area contributed by atoms with Gasteiger partial charge in [-0.1, -0.05) is 42.5 Å². The van der Waals surface area contributed by atoms with E-state index >= 15 is 0 Å². The summed E-state index contributed by atoms with van der Waals surface area (Å²) in [7, 11) is 0. The van der Waals surface area contributed by atoms with Crippen molar-refractivity contribution in [1.82, 2.24) is 0 Å². The average Bonchev–Trinajstić information content (AvgIpc) is 2.30. The van der Waals surface area contributed by atoms with E-state index in [2.05, 4.69) is 0 Å². The third kappa shape index (κ3) is 4.56. The molecule has 15 heavy (non-hydrogen) atoms. The Morgan fingerprint density at radius 1 is 1.20 bits per heavy atom. The normalized spacial score (nSPS) is 10.7. The van der Waals surface area contributed by atoms with Gasteiger partial charge in [0.1, 0.15) is 0 Å². The summed E-state index contributed by atoms with van der Waals surface area (Å²) in [6.45, 7) is 0.0760. The lowest BCUT2D eigenvalue weighted by atomic mass is 10.1. The van der Waals surface area contributed by atoms with Gasteiger partial charge in [-0.3, -0.25) is 4.79 Å². The molecule has 0 radical (unpaired) electrons. The van der Waals surface area contributed by atoms with Crippen molar-refractivity contribution in [2.24, 2.45) is 0 Å². The molecule has 0 aliphatic heterocycles. The molecule has 0 unspecified atom stereocenters. The Hall–Kier alpha value is -1.41. The fourth-order valence-corrected chi connectivity index (χ4v) is 1.34. The zero-order chi connectivity index (χ0) is 10.9. The number of aliphatic hydroxyl groups is 1. The number of unbranched alkanes of at least 4 members (excludes halogenated alkanes) is 1. The van der Waals surface area contributed by atoms with Crippen molar-refractivity contribution < 1.29 is 9.90 Å². The predicted molar refractivity (Wildman–Crippen MR) is 60.8 cm³/mol. The van der Waals surface area contributed by atoms with Crippen LogP contribution < -0.4 is 0 Å². The molecule has 0 atom stereocenters. The summed E-state index contributed by atoms with van der Waals surface area (Å²) in [5.41, 5.74) is 0.781. The number of hydrogen-bond acceptors (Lipinski definition) is 2. The van der Waals surface area contributed by atoms with Gasteiger partial charge in [-0.05, 0) is 12.8 Å². The smallest absolute Gasteiger partial charge is 0.162 e. The average molecular weight is 204 g/mol. The standard InChI is InChI=1S/C13H16O2/c14-11-7-2-1-6-10-13(15)12-8-4-3-5-9-12/h2-5,7-9,14H,1,6,10-11H2/b7-2-. The fraction of sp³-hybridized carbons (Fsp3) is 0.308. The van der Waals surface area contributed by atoms with Crippen molar-refractivity contribution in [3.8, 4) is 0 Å². The number of benzene rings is 1. The van der Waals surface area contributed by atoms with Crippen LogP contribution in [-0.4, -0.2) is 17.5 Å². The Morgan fingerprint density at radius 3 is 2.60 bits per heavy atom. The lowest BCUT2D eigenvalue weighted by Crippen LogP contribution is -1.97. The van der Waals surface area contributed by atoms with E-state index in [4.69, 9.17) is 5.11 Å². The van der Waals surface area contributed by atoms with Crippen LogP contribution in [0.2, 0.25) is 0 Å². The first-order valence-corrected chi connectivity index (χ1v) is 5.18. The monoisotopic (exact) mass is 204 g/mol. The number of allylic oxidation sites excluding steroid dienone is 1. The van der Waals surface area contributed by atoms with Gasteiger partial charge in [0, 0.05) is 12.0 Å². The Labute approximate surface area is 90.3 Å². The summed E-state index contributed by atoms with van der Waals surface area (Å²) < 4.78 is 0. The molecule has 1 aromatic rings. The topological polar surface area (TPSA) is 37.3 Å². The van der Waals surface area contributed by atoms with E-state index in [0.29, 0.717) is 6.42 Å². The van der Waals surface area contributed by atoms with Crippen molar-refractivity contribution >= 4 is 5.78 Å². The van der Waals surface area contributed by atoms with Crippen molar-refractivity contribution in [2.75, 3.05) is 6.61 Å². The summed E-state index contributed by atoms with van der Waals surface area (Å²) in [5, 5.41) is 8.50. The highest BCUT2D eigenvalue weighted by Crippen LogP contribution is 2.06. The molecule has 1 rings (SSSR count). The summed E-state index contributed by atoms with van der Waals surface area (Å²) in [6.07, 6.45) is 5.86. The predicted octanol–water partition coefficient (Wildman–Crippen LogP) is 2.59. The van der Waals surface area contributed by atoms with Gasteiger partial charge in [0.2, 0.25) is 0 Å². The molecule has 0 fully saturated rings. The third-order valence-corrected chi connectivity index (χ3v) is 2.14. The lowest BCUT2D eigenvalue weighted by Gasteiger charge is -1.98. The summed E-state index contributed by atoms with van der Waals surface area (Å²) in [4.78, 5) is 11.6. The first-order valence-electron chi connectivity index (χ1n) is 5.18. The number of carbonyl (C=O) groups excluding carboxylic acids is 1. The van der Waals surface area contributed by atoms with Gasteiger partial charge in [-0.25, -0.2) is 0 Å². The van der Waals surface area contributed by atoms with E-state index in [9.17, 15) is 4.79 Å². The zero-order valence-electron chi connectivity index (χ0n) is 8.73. The molecule has 2 heteroatoms. The van der Waals surface area contributed by atoms with Gasteiger partial charge in [0.25, 0.3) is 0 Å². The number of aliphatic hydroxyl groups excluding tert-OH is 1.